The third-order valence-corrected chi connectivity index (χ3v) is 4.52. The topological polar surface area (TPSA) is 42.7 Å². The highest BCUT2D eigenvalue weighted by Crippen LogP contribution is 2.29. The molecule has 1 saturated carbocycles. The largest absolute Gasteiger partial charge is 0.315 e. The van der Waals surface area contributed by atoms with Gasteiger partial charge >= 0.3 is 0 Å². The van der Waals surface area contributed by atoms with Crippen molar-refractivity contribution in [3.05, 3.63) is 11.6 Å². The molecule has 1 aromatic rings. The zero-order valence-electron chi connectivity index (χ0n) is 11.4. The van der Waals surface area contributed by atoms with Gasteiger partial charge in [-0.3, -0.25) is 0 Å². The summed E-state index contributed by atoms with van der Waals surface area (Å²) in [4.78, 5) is 0. The summed E-state index contributed by atoms with van der Waals surface area (Å²) < 4.78 is 2.41. The second kappa shape index (κ2) is 5.39. The van der Waals surface area contributed by atoms with Gasteiger partial charge in [0.1, 0.15) is 11.6 Å². The number of aryl methyl sites for hydroxylation is 1. The molecule has 0 aromatic carbocycles. The quantitative estimate of drug-likeness (QED) is 0.892. The summed E-state index contributed by atoms with van der Waals surface area (Å²) in [6, 6.07) is 0.574. The van der Waals surface area contributed by atoms with Crippen molar-refractivity contribution in [3.8, 4) is 0 Å². The van der Waals surface area contributed by atoms with Crippen LogP contribution in [0.15, 0.2) is 0 Å². The van der Waals surface area contributed by atoms with Crippen molar-refractivity contribution in [2.75, 3.05) is 13.1 Å². The van der Waals surface area contributed by atoms with Crippen molar-refractivity contribution in [2.45, 2.75) is 57.9 Å². The molecule has 18 heavy (non-hydrogen) atoms. The summed E-state index contributed by atoms with van der Waals surface area (Å²) in [6.07, 6.45) is 9.25. The first-order valence-electron chi connectivity index (χ1n) is 7.45. The van der Waals surface area contributed by atoms with Crippen LogP contribution < -0.4 is 5.32 Å². The lowest BCUT2D eigenvalue weighted by Crippen LogP contribution is -2.33. The Morgan fingerprint density at radius 2 is 2.00 bits per heavy atom. The third-order valence-electron chi connectivity index (χ3n) is 4.52. The fourth-order valence-corrected chi connectivity index (χ4v) is 3.55. The van der Waals surface area contributed by atoms with Crippen LogP contribution in [0.25, 0.3) is 0 Å². The highest BCUT2D eigenvalue weighted by Gasteiger charge is 2.24. The molecule has 0 radical (unpaired) electrons. The van der Waals surface area contributed by atoms with Crippen LogP contribution in [0, 0.1) is 12.8 Å². The van der Waals surface area contributed by atoms with Gasteiger partial charge in [0.15, 0.2) is 0 Å². The van der Waals surface area contributed by atoms with Crippen molar-refractivity contribution < 1.29 is 0 Å². The summed E-state index contributed by atoms with van der Waals surface area (Å²) >= 11 is 0. The van der Waals surface area contributed by atoms with Crippen molar-refractivity contribution in [1.29, 1.82) is 0 Å². The fourth-order valence-electron chi connectivity index (χ4n) is 3.55. The number of nitrogens with zero attached hydrogens (tertiary/aromatic N) is 3. The van der Waals surface area contributed by atoms with E-state index < -0.39 is 0 Å². The Hall–Kier alpha value is -0.900. The van der Waals surface area contributed by atoms with E-state index in [4.69, 9.17) is 0 Å². The van der Waals surface area contributed by atoms with E-state index in [1.54, 1.807) is 0 Å². The van der Waals surface area contributed by atoms with Crippen LogP contribution in [0.4, 0.5) is 0 Å². The molecule has 4 heteroatoms. The van der Waals surface area contributed by atoms with Gasteiger partial charge in [-0.2, -0.15) is 0 Å². The monoisotopic (exact) mass is 248 g/mol. The minimum Gasteiger partial charge on any atom is -0.315 e. The van der Waals surface area contributed by atoms with Crippen molar-refractivity contribution >= 4 is 0 Å². The molecule has 1 aliphatic carbocycles. The number of hydrogen-bond donors (Lipinski definition) is 1. The van der Waals surface area contributed by atoms with E-state index in [1.807, 2.05) is 0 Å². The smallest absolute Gasteiger partial charge is 0.133 e. The molecule has 0 amide bonds. The SMILES string of the molecule is Cc1nnc(CC2CCCC2)n1C1CCCNC1. The molecule has 1 N–H and O–H groups in total. The Bertz CT molecular complexity index is 386. The number of nitrogens with one attached hydrogen (secondary N) is 1. The summed E-state index contributed by atoms with van der Waals surface area (Å²) in [7, 11) is 0. The van der Waals surface area contributed by atoms with Crippen LogP contribution in [-0.2, 0) is 6.42 Å². The summed E-state index contributed by atoms with van der Waals surface area (Å²) in [5, 5.41) is 12.3. The van der Waals surface area contributed by atoms with Crippen LogP contribution in [0.2, 0.25) is 0 Å². The molecular formula is C14H24N4. The van der Waals surface area contributed by atoms with Gasteiger partial charge in [0.05, 0.1) is 0 Å². The number of hydrogen-bond acceptors (Lipinski definition) is 3. The Morgan fingerprint density at radius 3 is 2.72 bits per heavy atom. The minimum atomic E-state index is 0.574. The van der Waals surface area contributed by atoms with Gasteiger partial charge in [-0.05, 0) is 32.2 Å². The Kier molecular flexibility index (Phi) is 3.64. The first kappa shape index (κ1) is 12.2. The van der Waals surface area contributed by atoms with Crippen molar-refractivity contribution in [1.82, 2.24) is 20.1 Å². The molecule has 3 rings (SSSR count). The first-order chi connectivity index (χ1) is 8.84. The van der Waals surface area contributed by atoms with Gasteiger partial charge < -0.3 is 9.88 Å². The molecule has 100 valence electrons. The number of piperidine rings is 1. The van der Waals surface area contributed by atoms with Crippen molar-refractivity contribution in [3.63, 3.8) is 0 Å². The van der Waals surface area contributed by atoms with Gasteiger partial charge in [-0.25, -0.2) is 0 Å². The maximum atomic E-state index is 4.44. The molecule has 0 spiro atoms. The lowest BCUT2D eigenvalue weighted by atomic mass is 10.0. The van der Waals surface area contributed by atoms with Crippen LogP contribution >= 0.6 is 0 Å². The van der Waals surface area contributed by atoms with Crippen LogP contribution in [-0.4, -0.2) is 27.9 Å². The summed E-state index contributed by atoms with van der Waals surface area (Å²) in [5.41, 5.74) is 0. The predicted molar refractivity (Wildman–Crippen MR) is 71.6 cm³/mol. The average Bonchev–Trinajstić information content (AvgIpc) is 3.02. The van der Waals surface area contributed by atoms with E-state index in [1.165, 1.54) is 44.3 Å². The number of rotatable bonds is 3. The average molecular weight is 248 g/mol. The number of aromatic nitrogens is 3. The van der Waals surface area contributed by atoms with Crippen LogP contribution in [0.5, 0.6) is 0 Å². The van der Waals surface area contributed by atoms with E-state index in [9.17, 15) is 0 Å². The predicted octanol–water partition coefficient (Wildman–Crippen LogP) is 2.24. The fraction of sp³-hybridized carbons (Fsp3) is 0.857. The van der Waals surface area contributed by atoms with Gasteiger partial charge in [-0.15, -0.1) is 10.2 Å². The minimum absolute atomic E-state index is 0.574. The van der Waals surface area contributed by atoms with E-state index >= 15 is 0 Å². The van der Waals surface area contributed by atoms with Crippen LogP contribution in [0.1, 0.15) is 56.2 Å². The molecule has 1 unspecified atom stereocenters. The van der Waals surface area contributed by atoms with E-state index in [-0.39, 0.29) is 0 Å². The molecule has 2 heterocycles. The molecule has 0 bridgehead atoms. The molecule has 2 fully saturated rings. The normalized spacial score (nSPS) is 25.7. The molecule has 2 aliphatic rings. The summed E-state index contributed by atoms with van der Waals surface area (Å²) in [6.45, 7) is 4.34. The zero-order valence-corrected chi connectivity index (χ0v) is 11.4. The van der Waals surface area contributed by atoms with E-state index in [0.29, 0.717) is 6.04 Å². The first-order valence-corrected chi connectivity index (χ1v) is 7.45. The third kappa shape index (κ3) is 2.44. The Morgan fingerprint density at radius 1 is 1.17 bits per heavy atom. The molecule has 4 nitrogen and oxygen atoms in total. The highest BCUT2D eigenvalue weighted by atomic mass is 15.3. The lowest BCUT2D eigenvalue weighted by molar-refractivity contribution is 0.352. The zero-order chi connectivity index (χ0) is 12.4. The molecular weight excluding hydrogens is 224 g/mol. The lowest BCUT2D eigenvalue weighted by Gasteiger charge is -2.26. The molecule has 1 aliphatic heterocycles. The molecule has 1 atom stereocenters. The maximum Gasteiger partial charge on any atom is 0.133 e. The molecule has 1 aromatic heterocycles. The van der Waals surface area contributed by atoms with Gasteiger partial charge in [-0.1, -0.05) is 25.7 Å². The van der Waals surface area contributed by atoms with Gasteiger partial charge in [0.2, 0.25) is 0 Å². The van der Waals surface area contributed by atoms with E-state index in [0.717, 1.165) is 31.3 Å². The Labute approximate surface area is 109 Å². The van der Waals surface area contributed by atoms with Gasteiger partial charge in [0.25, 0.3) is 0 Å². The van der Waals surface area contributed by atoms with Gasteiger partial charge in [0, 0.05) is 19.0 Å². The van der Waals surface area contributed by atoms with E-state index in [2.05, 4.69) is 27.0 Å². The standard InChI is InChI=1S/C14H24N4/c1-11-16-17-14(9-12-5-2-3-6-12)18(11)13-7-4-8-15-10-13/h12-13,15H,2-10H2,1H3. The van der Waals surface area contributed by atoms with Crippen molar-refractivity contribution in [2.24, 2.45) is 5.92 Å². The maximum absolute atomic E-state index is 4.44. The van der Waals surface area contributed by atoms with Crippen LogP contribution in [0.3, 0.4) is 0 Å². The second-order valence-electron chi connectivity index (χ2n) is 5.89. The Balaban J connectivity index is 1.76. The summed E-state index contributed by atoms with van der Waals surface area (Å²) in [5.74, 6) is 3.17. The second-order valence-corrected chi connectivity index (χ2v) is 5.89. The molecule has 1 saturated heterocycles. The highest BCUT2D eigenvalue weighted by molar-refractivity contribution is 5.00.